The molecule has 1 aromatic rings. The summed E-state index contributed by atoms with van der Waals surface area (Å²) in [5.74, 6) is 0.234. The van der Waals surface area contributed by atoms with Crippen LogP contribution in [0.25, 0.3) is 0 Å². The van der Waals surface area contributed by atoms with Crippen LogP contribution in [-0.4, -0.2) is 39.7 Å². The van der Waals surface area contributed by atoms with Crippen molar-refractivity contribution in [3.05, 3.63) is 28.8 Å². The molecule has 0 radical (unpaired) electrons. The molecule has 4 nitrogen and oxygen atoms in total. The Kier molecular flexibility index (Phi) is 4.59. The summed E-state index contributed by atoms with van der Waals surface area (Å²) in [6, 6.07) is 5.33. The van der Waals surface area contributed by atoms with Gasteiger partial charge in [0, 0.05) is 29.1 Å². The van der Waals surface area contributed by atoms with Gasteiger partial charge in [0.15, 0.2) is 0 Å². The Labute approximate surface area is 135 Å². The summed E-state index contributed by atoms with van der Waals surface area (Å²) in [6.45, 7) is 0.773. The zero-order valence-corrected chi connectivity index (χ0v) is 13.3. The normalized spacial score (nSPS) is 29.1. The van der Waals surface area contributed by atoms with E-state index in [1.54, 1.807) is 18.2 Å². The standard InChI is InChI=1S/C17H22ClNO3/c18-15-2-1-3-16(21)14(15)10-11-8-9-19(17(11)22)12-4-6-13(20)7-5-12/h1-3,11-13,20-21H,4-10H2. The number of amides is 1. The number of phenolic OH excluding ortho intramolecular Hbond substituents is 1. The molecule has 2 N–H and O–H groups in total. The van der Waals surface area contributed by atoms with Crippen LogP contribution >= 0.6 is 11.6 Å². The van der Waals surface area contributed by atoms with Gasteiger partial charge in [-0.2, -0.15) is 0 Å². The van der Waals surface area contributed by atoms with Gasteiger partial charge >= 0.3 is 0 Å². The van der Waals surface area contributed by atoms with Gasteiger partial charge in [-0.1, -0.05) is 17.7 Å². The molecule has 1 heterocycles. The van der Waals surface area contributed by atoms with Crippen LogP contribution in [0, 0.1) is 5.92 Å². The van der Waals surface area contributed by atoms with Crippen LogP contribution in [0.2, 0.25) is 5.02 Å². The number of aliphatic hydroxyl groups is 1. The molecule has 2 fully saturated rings. The third-order valence-electron chi connectivity index (χ3n) is 5.00. The Bertz CT molecular complexity index is 535. The molecule has 1 atom stereocenters. The molecule has 0 spiro atoms. The Morgan fingerprint density at radius 3 is 2.59 bits per heavy atom. The van der Waals surface area contributed by atoms with Crippen molar-refractivity contribution in [1.82, 2.24) is 4.90 Å². The number of hydrogen-bond donors (Lipinski definition) is 2. The summed E-state index contributed by atoms with van der Waals surface area (Å²) < 4.78 is 0. The number of aromatic hydroxyl groups is 1. The SMILES string of the molecule is O=C1C(Cc2c(O)cccc2Cl)CCN1C1CCC(O)CC1. The molecular formula is C17H22ClNO3. The lowest BCUT2D eigenvalue weighted by Gasteiger charge is -2.33. The van der Waals surface area contributed by atoms with Gasteiger partial charge in [0.25, 0.3) is 0 Å². The predicted octanol–water partition coefficient (Wildman–Crippen LogP) is 2.74. The first kappa shape index (κ1) is 15.6. The van der Waals surface area contributed by atoms with E-state index in [4.69, 9.17) is 11.6 Å². The van der Waals surface area contributed by atoms with Crippen molar-refractivity contribution >= 4 is 17.5 Å². The van der Waals surface area contributed by atoms with Crippen LogP contribution in [0.4, 0.5) is 0 Å². The van der Waals surface area contributed by atoms with Crippen molar-refractivity contribution < 1.29 is 15.0 Å². The molecule has 1 saturated heterocycles. The summed E-state index contributed by atoms with van der Waals surface area (Å²) in [4.78, 5) is 14.6. The lowest BCUT2D eigenvalue weighted by atomic mass is 9.92. The average Bonchev–Trinajstić information content (AvgIpc) is 2.85. The molecule has 1 amide bonds. The van der Waals surface area contributed by atoms with E-state index in [1.165, 1.54) is 0 Å². The fourth-order valence-electron chi connectivity index (χ4n) is 3.68. The van der Waals surface area contributed by atoms with E-state index in [-0.39, 0.29) is 29.7 Å². The number of nitrogens with zero attached hydrogens (tertiary/aromatic N) is 1. The smallest absolute Gasteiger partial charge is 0.226 e. The van der Waals surface area contributed by atoms with E-state index in [0.717, 1.165) is 38.6 Å². The number of halogens is 1. The molecule has 1 aliphatic heterocycles. The lowest BCUT2D eigenvalue weighted by molar-refractivity contribution is -0.133. The van der Waals surface area contributed by atoms with Crippen LogP contribution in [0.3, 0.4) is 0 Å². The maximum atomic E-state index is 12.7. The van der Waals surface area contributed by atoms with Crippen molar-refractivity contribution in [2.24, 2.45) is 5.92 Å². The minimum Gasteiger partial charge on any atom is -0.508 e. The molecule has 2 aliphatic rings. The van der Waals surface area contributed by atoms with Crippen LogP contribution in [0.1, 0.15) is 37.7 Å². The topological polar surface area (TPSA) is 60.8 Å². The highest BCUT2D eigenvalue weighted by molar-refractivity contribution is 6.31. The zero-order chi connectivity index (χ0) is 15.7. The molecule has 3 rings (SSSR count). The number of benzene rings is 1. The first-order chi connectivity index (χ1) is 10.6. The molecule has 22 heavy (non-hydrogen) atoms. The number of likely N-dealkylation sites (tertiary alicyclic amines) is 1. The summed E-state index contributed by atoms with van der Waals surface area (Å²) in [5, 5.41) is 20.1. The second-order valence-electron chi connectivity index (χ2n) is 6.42. The zero-order valence-electron chi connectivity index (χ0n) is 12.5. The maximum absolute atomic E-state index is 12.7. The van der Waals surface area contributed by atoms with Crippen molar-refractivity contribution in [1.29, 1.82) is 0 Å². The van der Waals surface area contributed by atoms with Gasteiger partial charge in [0.2, 0.25) is 5.91 Å². The number of carbonyl (C=O) groups excluding carboxylic acids is 1. The van der Waals surface area contributed by atoms with Gasteiger partial charge < -0.3 is 15.1 Å². The Morgan fingerprint density at radius 1 is 1.18 bits per heavy atom. The minimum absolute atomic E-state index is 0.0994. The highest BCUT2D eigenvalue weighted by atomic mass is 35.5. The minimum atomic E-state index is -0.204. The third kappa shape index (κ3) is 3.08. The van der Waals surface area contributed by atoms with Crippen molar-refractivity contribution in [2.75, 3.05) is 6.54 Å². The number of aliphatic hydroxyl groups excluding tert-OH is 1. The summed E-state index contributed by atoms with van der Waals surface area (Å²) >= 11 is 6.14. The van der Waals surface area contributed by atoms with Crippen LogP contribution in [0.5, 0.6) is 5.75 Å². The van der Waals surface area contributed by atoms with Crippen molar-refractivity contribution in [3.63, 3.8) is 0 Å². The van der Waals surface area contributed by atoms with Gasteiger partial charge in [0.05, 0.1) is 6.10 Å². The number of carbonyl (C=O) groups is 1. The van der Waals surface area contributed by atoms with Gasteiger partial charge in [-0.25, -0.2) is 0 Å². The second-order valence-corrected chi connectivity index (χ2v) is 6.83. The van der Waals surface area contributed by atoms with E-state index in [9.17, 15) is 15.0 Å². The molecular weight excluding hydrogens is 302 g/mol. The number of rotatable bonds is 3. The van der Waals surface area contributed by atoms with Gasteiger partial charge in [-0.15, -0.1) is 0 Å². The molecule has 5 heteroatoms. The first-order valence-corrected chi connectivity index (χ1v) is 8.39. The third-order valence-corrected chi connectivity index (χ3v) is 5.36. The molecule has 1 aliphatic carbocycles. The summed E-state index contributed by atoms with van der Waals surface area (Å²) in [5.41, 5.74) is 0.670. The van der Waals surface area contributed by atoms with Crippen LogP contribution < -0.4 is 0 Å². The number of hydrogen-bond acceptors (Lipinski definition) is 3. The predicted molar refractivity (Wildman–Crippen MR) is 84.9 cm³/mol. The lowest BCUT2D eigenvalue weighted by Crippen LogP contribution is -2.41. The van der Waals surface area contributed by atoms with Crippen molar-refractivity contribution in [2.45, 2.75) is 50.7 Å². The molecule has 1 unspecified atom stereocenters. The monoisotopic (exact) mass is 323 g/mol. The Balaban J connectivity index is 1.66. The molecule has 0 bridgehead atoms. The summed E-state index contributed by atoms with van der Waals surface area (Å²) in [6.07, 6.45) is 4.44. The second kappa shape index (κ2) is 6.47. The number of phenols is 1. The van der Waals surface area contributed by atoms with E-state index in [1.807, 2.05) is 4.90 Å². The molecule has 1 aromatic carbocycles. The largest absolute Gasteiger partial charge is 0.508 e. The van der Waals surface area contributed by atoms with Gasteiger partial charge in [-0.05, 0) is 50.7 Å². The molecule has 120 valence electrons. The first-order valence-electron chi connectivity index (χ1n) is 8.01. The van der Waals surface area contributed by atoms with Crippen molar-refractivity contribution in [3.8, 4) is 5.75 Å². The van der Waals surface area contributed by atoms with E-state index in [0.29, 0.717) is 17.0 Å². The molecule has 0 aromatic heterocycles. The fraction of sp³-hybridized carbons (Fsp3) is 0.588. The summed E-state index contributed by atoms with van der Waals surface area (Å²) in [7, 11) is 0. The van der Waals surface area contributed by atoms with Gasteiger partial charge in [-0.3, -0.25) is 4.79 Å². The van der Waals surface area contributed by atoms with E-state index in [2.05, 4.69) is 0 Å². The fourth-order valence-corrected chi connectivity index (χ4v) is 3.93. The Morgan fingerprint density at radius 2 is 1.91 bits per heavy atom. The highest BCUT2D eigenvalue weighted by Gasteiger charge is 2.37. The van der Waals surface area contributed by atoms with E-state index >= 15 is 0 Å². The Hall–Kier alpha value is -1.26. The van der Waals surface area contributed by atoms with Gasteiger partial charge in [0.1, 0.15) is 5.75 Å². The van der Waals surface area contributed by atoms with Crippen LogP contribution in [0.15, 0.2) is 18.2 Å². The highest BCUT2D eigenvalue weighted by Crippen LogP contribution is 2.34. The quantitative estimate of drug-likeness (QED) is 0.899. The molecule has 1 saturated carbocycles. The van der Waals surface area contributed by atoms with E-state index < -0.39 is 0 Å². The van der Waals surface area contributed by atoms with Crippen LogP contribution in [-0.2, 0) is 11.2 Å². The maximum Gasteiger partial charge on any atom is 0.226 e. The average molecular weight is 324 g/mol.